The number of amides is 1. The minimum absolute atomic E-state index is 0.198. The summed E-state index contributed by atoms with van der Waals surface area (Å²) in [5.74, 6) is 0.500. The number of pyridine rings is 1. The standard InChI is InChI=1S/C21H21N3O4/c1-14-3-6-16(11-22-14)21(26)9-10-24(13-21)20(25)18-12-28-23-19(18)15-4-7-17(27-2)8-5-15/h3-8,11-12,26H,9-10,13H2,1-2H3. The SMILES string of the molecule is COc1ccc(-c2nocc2C(=O)N2CCC(O)(c3ccc(C)nc3)C2)cc1. The van der Waals surface area contributed by atoms with Crippen LogP contribution in [0.5, 0.6) is 5.75 Å². The first-order valence-corrected chi connectivity index (χ1v) is 9.04. The van der Waals surface area contributed by atoms with E-state index in [-0.39, 0.29) is 12.5 Å². The third-order valence-electron chi connectivity index (χ3n) is 5.15. The molecule has 28 heavy (non-hydrogen) atoms. The Hall–Kier alpha value is -3.19. The van der Waals surface area contributed by atoms with Gasteiger partial charge < -0.3 is 19.3 Å². The molecule has 4 rings (SSSR count). The Morgan fingerprint density at radius 2 is 2.04 bits per heavy atom. The number of rotatable bonds is 4. The van der Waals surface area contributed by atoms with Gasteiger partial charge in [-0.15, -0.1) is 0 Å². The summed E-state index contributed by atoms with van der Waals surface area (Å²) in [5.41, 5.74) is 2.10. The van der Waals surface area contributed by atoms with Gasteiger partial charge in [-0.2, -0.15) is 0 Å². The van der Waals surface area contributed by atoms with Crippen LogP contribution in [0, 0.1) is 6.92 Å². The van der Waals surface area contributed by atoms with Gasteiger partial charge >= 0.3 is 0 Å². The number of aryl methyl sites for hydroxylation is 1. The minimum Gasteiger partial charge on any atom is -0.497 e. The van der Waals surface area contributed by atoms with Gasteiger partial charge in [0.1, 0.15) is 28.9 Å². The zero-order valence-corrected chi connectivity index (χ0v) is 15.8. The minimum atomic E-state index is -1.10. The molecule has 1 unspecified atom stereocenters. The van der Waals surface area contributed by atoms with Gasteiger partial charge in [0.2, 0.25) is 0 Å². The number of ether oxygens (including phenoxy) is 1. The number of β-amino-alcohol motifs (C(OH)–C–C–N with tert-alkyl or cyclic N) is 1. The van der Waals surface area contributed by atoms with Crippen LogP contribution >= 0.6 is 0 Å². The molecule has 0 bridgehead atoms. The van der Waals surface area contributed by atoms with Crippen LogP contribution in [0.4, 0.5) is 0 Å². The Kier molecular flexibility index (Phi) is 4.60. The van der Waals surface area contributed by atoms with Crippen molar-refractivity contribution in [3.63, 3.8) is 0 Å². The van der Waals surface area contributed by atoms with Crippen molar-refractivity contribution in [2.24, 2.45) is 0 Å². The molecule has 1 aromatic carbocycles. The molecule has 1 aliphatic heterocycles. The van der Waals surface area contributed by atoms with Gasteiger partial charge in [0.05, 0.1) is 13.7 Å². The van der Waals surface area contributed by atoms with Gasteiger partial charge in [0.25, 0.3) is 5.91 Å². The summed E-state index contributed by atoms with van der Waals surface area (Å²) < 4.78 is 10.3. The lowest BCUT2D eigenvalue weighted by Crippen LogP contribution is -2.34. The van der Waals surface area contributed by atoms with E-state index in [9.17, 15) is 9.90 Å². The molecule has 7 heteroatoms. The van der Waals surface area contributed by atoms with Gasteiger partial charge in [0.15, 0.2) is 0 Å². The molecule has 1 N–H and O–H groups in total. The summed E-state index contributed by atoms with van der Waals surface area (Å²) in [5, 5.41) is 15.0. The molecule has 1 amide bonds. The maximum atomic E-state index is 13.1. The lowest BCUT2D eigenvalue weighted by Gasteiger charge is -2.23. The molecule has 1 saturated heterocycles. The number of aromatic nitrogens is 2. The second-order valence-electron chi connectivity index (χ2n) is 7.00. The number of methoxy groups -OCH3 is 1. The van der Waals surface area contributed by atoms with Crippen molar-refractivity contribution < 1.29 is 19.2 Å². The summed E-state index contributed by atoms with van der Waals surface area (Å²) >= 11 is 0. The molecule has 2 aromatic heterocycles. The van der Waals surface area contributed by atoms with E-state index in [1.54, 1.807) is 30.3 Å². The number of carbonyl (C=O) groups excluding carboxylic acids is 1. The summed E-state index contributed by atoms with van der Waals surface area (Å²) in [6.45, 7) is 2.53. The van der Waals surface area contributed by atoms with E-state index in [1.165, 1.54) is 6.26 Å². The Morgan fingerprint density at radius 3 is 2.71 bits per heavy atom. The molecule has 0 aliphatic carbocycles. The molecule has 0 saturated carbocycles. The Morgan fingerprint density at radius 1 is 1.25 bits per heavy atom. The third-order valence-corrected chi connectivity index (χ3v) is 5.15. The first-order chi connectivity index (χ1) is 13.5. The van der Waals surface area contributed by atoms with E-state index in [2.05, 4.69) is 10.1 Å². The molecule has 144 valence electrons. The lowest BCUT2D eigenvalue weighted by atomic mass is 9.94. The van der Waals surface area contributed by atoms with E-state index >= 15 is 0 Å². The smallest absolute Gasteiger partial charge is 0.259 e. The Bertz CT molecular complexity index is 982. The van der Waals surface area contributed by atoms with Crippen LogP contribution in [-0.2, 0) is 5.60 Å². The van der Waals surface area contributed by atoms with Crippen LogP contribution in [0.25, 0.3) is 11.3 Å². The maximum absolute atomic E-state index is 13.1. The number of hydrogen-bond donors (Lipinski definition) is 1. The summed E-state index contributed by atoms with van der Waals surface area (Å²) in [6, 6.07) is 11.0. The summed E-state index contributed by atoms with van der Waals surface area (Å²) in [6.07, 6.45) is 3.48. The van der Waals surface area contributed by atoms with Crippen LogP contribution in [0.2, 0.25) is 0 Å². The number of benzene rings is 1. The van der Waals surface area contributed by atoms with Crippen molar-refractivity contribution in [1.29, 1.82) is 0 Å². The molecule has 0 radical (unpaired) electrons. The van der Waals surface area contributed by atoms with Crippen molar-refractivity contribution in [1.82, 2.24) is 15.0 Å². The number of nitrogens with zero attached hydrogens (tertiary/aromatic N) is 3. The van der Waals surface area contributed by atoms with Gasteiger partial charge in [-0.05, 0) is 43.7 Å². The summed E-state index contributed by atoms with van der Waals surface area (Å²) in [7, 11) is 1.60. The topological polar surface area (TPSA) is 88.7 Å². The lowest BCUT2D eigenvalue weighted by molar-refractivity contribution is 0.0414. The van der Waals surface area contributed by atoms with E-state index in [1.807, 2.05) is 31.2 Å². The van der Waals surface area contributed by atoms with Crippen LogP contribution in [-0.4, -0.2) is 46.3 Å². The molecule has 3 heterocycles. The highest BCUT2D eigenvalue weighted by Crippen LogP contribution is 2.33. The van der Waals surface area contributed by atoms with Gasteiger partial charge in [0, 0.05) is 29.6 Å². The van der Waals surface area contributed by atoms with E-state index < -0.39 is 5.60 Å². The second kappa shape index (κ2) is 7.09. The van der Waals surface area contributed by atoms with Gasteiger partial charge in [-0.25, -0.2) is 0 Å². The van der Waals surface area contributed by atoms with Crippen LogP contribution in [0.3, 0.4) is 0 Å². The second-order valence-corrected chi connectivity index (χ2v) is 7.00. The monoisotopic (exact) mass is 379 g/mol. The average Bonchev–Trinajstić information content (AvgIpc) is 3.36. The first-order valence-electron chi connectivity index (χ1n) is 9.04. The van der Waals surface area contributed by atoms with Crippen LogP contribution in [0.1, 0.15) is 28.0 Å². The maximum Gasteiger partial charge on any atom is 0.259 e. The highest BCUT2D eigenvalue weighted by Gasteiger charge is 2.41. The fourth-order valence-corrected chi connectivity index (χ4v) is 3.46. The molecule has 0 spiro atoms. The zero-order valence-electron chi connectivity index (χ0n) is 15.8. The average molecular weight is 379 g/mol. The quantitative estimate of drug-likeness (QED) is 0.750. The predicted octanol–water partition coefficient (Wildman–Crippen LogP) is 2.79. The number of likely N-dealkylation sites (tertiary alicyclic amines) is 1. The van der Waals surface area contributed by atoms with E-state index in [0.717, 1.165) is 17.0 Å². The molecule has 1 fully saturated rings. The van der Waals surface area contributed by atoms with Crippen molar-refractivity contribution in [3.8, 4) is 17.0 Å². The fraction of sp³-hybridized carbons (Fsp3) is 0.286. The Labute approximate surface area is 162 Å². The van der Waals surface area contributed by atoms with E-state index in [4.69, 9.17) is 9.26 Å². The Balaban J connectivity index is 1.56. The third kappa shape index (κ3) is 3.25. The van der Waals surface area contributed by atoms with Crippen molar-refractivity contribution in [2.45, 2.75) is 18.9 Å². The van der Waals surface area contributed by atoms with E-state index in [0.29, 0.717) is 29.8 Å². The fourth-order valence-electron chi connectivity index (χ4n) is 3.46. The highest BCUT2D eigenvalue weighted by molar-refractivity contribution is 5.99. The molecule has 3 aromatic rings. The number of hydrogen-bond acceptors (Lipinski definition) is 6. The molecule has 1 atom stereocenters. The van der Waals surface area contributed by atoms with Gasteiger partial charge in [-0.3, -0.25) is 9.78 Å². The van der Waals surface area contributed by atoms with Crippen LogP contribution < -0.4 is 4.74 Å². The molecular formula is C21H21N3O4. The molecule has 1 aliphatic rings. The predicted molar refractivity (Wildman–Crippen MR) is 102 cm³/mol. The van der Waals surface area contributed by atoms with Gasteiger partial charge in [-0.1, -0.05) is 11.2 Å². The highest BCUT2D eigenvalue weighted by atomic mass is 16.5. The summed E-state index contributed by atoms with van der Waals surface area (Å²) in [4.78, 5) is 19.0. The van der Waals surface area contributed by atoms with Crippen LogP contribution in [0.15, 0.2) is 53.4 Å². The van der Waals surface area contributed by atoms with Crippen molar-refractivity contribution in [3.05, 3.63) is 65.7 Å². The van der Waals surface area contributed by atoms with Crippen molar-refractivity contribution in [2.75, 3.05) is 20.2 Å². The first kappa shape index (κ1) is 18.2. The molecular weight excluding hydrogens is 358 g/mol. The largest absolute Gasteiger partial charge is 0.497 e. The zero-order chi connectivity index (χ0) is 19.7. The molecule has 7 nitrogen and oxygen atoms in total. The number of aliphatic hydroxyl groups is 1. The number of carbonyl (C=O) groups is 1. The normalized spacial score (nSPS) is 19.0. The van der Waals surface area contributed by atoms with Crippen molar-refractivity contribution >= 4 is 5.91 Å².